The van der Waals surface area contributed by atoms with Crippen LogP contribution in [-0.2, 0) is 0 Å². The van der Waals surface area contributed by atoms with E-state index in [-0.39, 0.29) is 5.91 Å². The maximum absolute atomic E-state index is 13.2. The summed E-state index contributed by atoms with van der Waals surface area (Å²) < 4.78 is 0. The molecule has 0 unspecified atom stereocenters. The Morgan fingerprint density at radius 1 is 0.857 bits per heavy atom. The van der Waals surface area contributed by atoms with Crippen LogP contribution < -0.4 is 9.80 Å². The lowest BCUT2D eigenvalue weighted by molar-refractivity contribution is 0.0983. The molecule has 0 aliphatic carbocycles. The Morgan fingerprint density at radius 3 is 2.21 bits per heavy atom. The van der Waals surface area contributed by atoms with Gasteiger partial charge in [0.25, 0.3) is 5.91 Å². The van der Waals surface area contributed by atoms with Gasteiger partial charge in [-0.25, -0.2) is 9.97 Å². The average Bonchev–Trinajstić information content (AvgIpc) is 2.69. The van der Waals surface area contributed by atoms with Gasteiger partial charge in [-0.1, -0.05) is 30.3 Å². The standard InChI is InChI=1S/C23H26N4O/c1-5-26(19-12-8-7-9-13-19)22(28)21-16-18(4)24-23(25-21)27(6-2)20-14-10-11-17(3)15-20/h7-16H,5-6H2,1-4H3. The molecule has 0 N–H and O–H groups in total. The number of anilines is 3. The van der Waals surface area contributed by atoms with Gasteiger partial charge < -0.3 is 9.80 Å². The Labute approximate surface area is 166 Å². The van der Waals surface area contributed by atoms with E-state index in [1.807, 2.05) is 61.2 Å². The first-order chi connectivity index (χ1) is 13.5. The molecule has 0 bridgehead atoms. The van der Waals surface area contributed by atoms with E-state index < -0.39 is 0 Å². The van der Waals surface area contributed by atoms with Crippen LogP contribution in [0.15, 0.2) is 60.7 Å². The number of carbonyl (C=O) groups is 1. The molecule has 0 spiro atoms. The summed E-state index contributed by atoms with van der Waals surface area (Å²) in [6, 6.07) is 19.6. The lowest BCUT2D eigenvalue weighted by atomic mass is 10.2. The summed E-state index contributed by atoms with van der Waals surface area (Å²) in [6.07, 6.45) is 0. The Kier molecular flexibility index (Phi) is 6.04. The first-order valence-electron chi connectivity index (χ1n) is 9.60. The summed E-state index contributed by atoms with van der Waals surface area (Å²) in [5.74, 6) is 0.418. The minimum Gasteiger partial charge on any atom is -0.311 e. The van der Waals surface area contributed by atoms with Gasteiger partial charge in [0.1, 0.15) is 5.69 Å². The minimum atomic E-state index is -0.124. The van der Waals surface area contributed by atoms with Gasteiger partial charge in [0.05, 0.1) is 0 Å². The molecule has 0 aliphatic rings. The molecule has 0 aliphatic heterocycles. The van der Waals surface area contributed by atoms with E-state index in [0.717, 1.165) is 17.1 Å². The zero-order valence-electron chi connectivity index (χ0n) is 16.9. The molecule has 1 heterocycles. The third-order valence-electron chi connectivity index (χ3n) is 4.56. The van der Waals surface area contributed by atoms with E-state index in [1.54, 1.807) is 11.0 Å². The Hall–Kier alpha value is -3.21. The molecule has 1 amide bonds. The zero-order chi connectivity index (χ0) is 20.1. The van der Waals surface area contributed by atoms with Crippen LogP contribution in [0.25, 0.3) is 0 Å². The summed E-state index contributed by atoms with van der Waals surface area (Å²) in [4.78, 5) is 26.2. The normalized spacial score (nSPS) is 10.6. The van der Waals surface area contributed by atoms with Gasteiger partial charge in [-0.15, -0.1) is 0 Å². The van der Waals surface area contributed by atoms with Gasteiger partial charge in [0.15, 0.2) is 0 Å². The van der Waals surface area contributed by atoms with Crippen LogP contribution in [0.1, 0.15) is 35.6 Å². The highest BCUT2D eigenvalue weighted by atomic mass is 16.2. The second kappa shape index (κ2) is 8.65. The molecule has 0 atom stereocenters. The largest absolute Gasteiger partial charge is 0.311 e. The molecular weight excluding hydrogens is 348 g/mol. The molecule has 0 saturated carbocycles. The van der Waals surface area contributed by atoms with Gasteiger partial charge in [-0.2, -0.15) is 0 Å². The van der Waals surface area contributed by atoms with Crippen molar-refractivity contribution in [1.82, 2.24) is 9.97 Å². The molecule has 5 nitrogen and oxygen atoms in total. The van der Waals surface area contributed by atoms with Crippen LogP contribution in [0.5, 0.6) is 0 Å². The van der Waals surface area contributed by atoms with E-state index in [4.69, 9.17) is 0 Å². The summed E-state index contributed by atoms with van der Waals surface area (Å²) in [5.41, 5.74) is 4.21. The van der Waals surface area contributed by atoms with Crippen molar-refractivity contribution < 1.29 is 4.79 Å². The molecule has 1 aromatic heterocycles. The summed E-state index contributed by atoms with van der Waals surface area (Å²) in [7, 11) is 0. The molecule has 3 aromatic rings. The topological polar surface area (TPSA) is 49.3 Å². The first kappa shape index (κ1) is 19.5. The Morgan fingerprint density at radius 2 is 1.57 bits per heavy atom. The number of rotatable bonds is 6. The lowest BCUT2D eigenvalue weighted by Gasteiger charge is -2.24. The third kappa shape index (κ3) is 4.19. The van der Waals surface area contributed by atoms with Crippen LogP contribution in [0.2, 0.25) is 0 Å². The Balaban J connectivity index is 1.99. The molecule has 3 rings (SSSR count). The van der Waals surface area contributed by atoms with Crippen LogP contribution >= 0.6 is 0 Å². The van der Waals surface area contributed by atoms with Crippen molar-refractivity contribution in [3.8, 4) is 0 Å². The van der Waals surface area contributed by atoms with Crippen molar-refractivity contribution in [3.63, 3.8) is 0 Å². The van der Waals surface area contributed by atoms with E-state index in [9.17, 15) is 4.79 Å². The van der Waals surface area contributed by atoms with Gasteiger partial charge in [0, 0.05) is 30.2 Å². The smallest absolute Gasteiger partial charge is 0.277 e. The van der Waals surface area contributed by atoms with E-state index in [0.29, 0.717) is 24.7 Å². The number of hydrogen-bond acceptors (Lipinski definition) is 4. The second-order valence-corrected chi connectivity index (χ2v) is 6.66. The number of aromatic nitrogens is 2. The molecule has 5 heteroatoms. The van der Waals surface area contributed by atoms with Crippen molar-refractivity contribution in [2.24, 2.45) is 0 Å². The van der Waals surface area contributed by atoms with Gasteiger partial charge in [-0.3, -0.25) is 4.79 Å². The molecule has 0 saturated heterocycles. The molecule has 28 heavy (non-hydrogen) atoms. The fourth-order valence-electron chi connectivity index (χ4n) is 3.21. The van der Waals surface area contributed by atoms with Gasteiger partial charge in [-0.05, 0) is 63.6 Å². The van der Waals surface area contributed by atoms with E-state index in [2.05, 4.69) is 35.9 Å². The van der Waals surface area contributed by atoms with E-state index in [1.165, 1.54) is 5.56 Å². The van der Waals surface area contributed by atoms with Crippen molar-refractivity contribution in [3.05, 3.63) is 77.6 Å². The van der Waals surface area contributed by atoms with E-state index >= 15 is 0 Å². The predicted molar refractivity (Wildman–Crippen MR) is 114 cm³/mol. The number of benzene rings is 2. The number of amides is 1. The zero-order valence-corrected chi connectivity index (χ0v) is 16.9. The Bertz CT molecular complexity index is 956. The predicted octanol–water partition coefficient (Wildman–Crippen LogP) is 4.92. The number of hydrogen-bond donors (Lipinski definition) is 0. The van der Waals surface area contributed by atoms with Crippen LogP contribution in [0.3, 0.4) is 0 Å². The molecule has 144 valence electrons. The van der Waals surface area contributed by atoms with Crippen molar-refractivity contribution in [2.75, 3.05) is 22.9 Å². The SMILES string of the molecule is CCN(C(=O)c1cc(C)nc(N(CC)c2cccc(C)c2)n1)c1ccccc1. The quantitative estimate of drug-likeness (QED) is 0.615. The van der Waals surface area contributed by atoms with Crippen LogP contribution in [0.4, 0.5) is 17.3 Å². The summed E-state index contributed by atoms with van der Waals surface area (Å²) >= 11 is 0. The molecular formula is C23H26N4O. The lowest BCUT2D eigenvalue weighted by Crippen LogP contribution is -2.32. The highest BCUT2D eigenvalue weighted by molar-refractivity contribution is 6.05. The van der Waals surface area contributed by atoms with Gasteiger partial charge in [0.2, 0.25) is 5.95 Å². The molecule has 0 radical (unpaired) electrons. The number of carbonyl (C=O) groups excluding carboxylic acids is 1. The number of nitrogens with zero attached hydrogens (tertiary/aromatic N) is 4. The highest BCUT2D eigenvalue weighted by Crippen LogP contribution is 2.24. The maximum atomic E-state index is 13.2. The molecule has 2 aromatic carbocycles. The third-order valence-corrected chi connectivity index (χ3v) is 4.56. The first-order valence-corrected chi connectivity index (χ1v) is 9.60. The van der Waals surface area contributed by atoms with Crippen molar-refractivity contribution in [1.29, 1.82) is 0 Å². The number of para-hydroxylation sites is 1. The number of aryl methyl sites for hydroxylation is 2. The highest BCUT2D eigenvalue weighted by Gasteiger charge is 2.20. The van der Waals surface area contributed by atoms with Crippen LogP contribution in [-0.4, -0.2) is 29.0 Å². The fourth-order valence-corrected chi connectivity index (χ4v) is 3.21. The monoisotopic (exact) mass is 374 g/mol. The fraction of sp³-hybridized carbons (Fsp3) is 0.261. The minimum absolute atomic E-state index is 0.124. The average molecular weight is 374 g/mol. The second-order valence-electron chi connectivity index (χ2n) is 6.66. The summed E-state index contributed by atoms with van der Waals surface area (Å²) in [6.45, 7) is 9.24. The summed E-state index contributed by atoms with van der Waals surface area (Å²) in [5, 5.41) is 0. The maximum Gasteiger partial charge on any atom is 0.277 e. The van der Waals surface area contributed by atoms with Crippen molar-refractivity contribution >= 4 is 23.2 Å². The molecule has 0 fully saturated rings. The van der Waals surface area contributed by atoms with Crippen molar-refractivity contribution in [2.45, 2.75) is 27.7 Å². The van der Waals surface area contributed by atoms with Gasteiger partial charge >= 0.3 is 0 Å². The van der Waals surface area contributed by atoms with Crippen LogP contribution in [0, 0.1) is 13.8 Å².